The fraction of sp³-hybridized carbons (Fsp3) is 0.647. The zero-order chi connectivity index (χ0) is 14.6. The maximum Gasteiger partial charge on any atom is 0.123 e. The summed E-state index contributed by atoms with van der Waals surface area (Å²) in [5.41, 5.74) is 1.43. The fourth-order valence-corrected chi connectivity index (χ4v) is 3.20. The summed E-state index contributed by atoms with van der Waals surface area (Å²) < 4.78 is 13.0. The van der Waals surface area contributed by atoms with Crippen molar-refractivity contribution in [3.05, 3.63) is 35.6 Å². The summed E-state index contributed by atoms with van der Waals surface area (Å²) in [6, 6.07) is 7.08. The Morgan fingerprint density at radius 2 is 1.75 bits per heavy atom. The van der Waals surface area contributed by atoms with Gasteiger partial charge in [0.1, 0.15) is 5.82 Å². The molecular formula is C17H27FN2. The summed E-state index contributed by atoms with van der Waals surface area (Å²) in [5.74, 6) is -0.169. The van der Waals surface area contributed by atoms with Crippen LogP contribution in [0.2, 0.25) is 0 Å². The molecule has 0 amide bonds. The van der Waals surface area contributed by atoms with Crippen molar-refractivity contribution in [2.75, 3.05) is 20.6 Å². The monoisotopic (exact) mass is 278 g/mol. The van der Waals surface area contributed by atoms with E-state index in [-0.39, 0.29) is 17.4 Å². The molecule has 1 aliphatic rings. The van der Waals surface area contributed by atoms with Gasteiger partial charge in [-0.2, -0.15) is 0 Å². The molecule has 2 nitrogen and oxygen atoms in total. The Morgan fingerprint density at radius 1 is 1.15 bits per heavy atom. The van der Waals surface area contributed by atoms with Crippen LogP contribution < -0.4 is 5.32 Å². The summed E-state index contributed by atoms with van der Waals surface area (Å²) in [6.45, 7) is 3.15. The lowest BCUT2D eigenvalue weighted by molar-refractivity contribution is 0.0958. The van der Waals surface area contributed by atoms with Crippen LogP contribution in [0.5, 0.6) is 0 Å². The van der Waals surface area contributed by atoms with Crippen LogP contribution in [0.15, 0.2) is 24.3 Å². The Hall–Kier alpha value is -0.930. The largest absolute Gasteiger partial charge is 0.308 e. The van der Waals surface area contributed by atoms with Crippen molar-refractivity contribution in [1.29, 1.82) is 0 Å². The Bertz CT molecular complexity index is 408. The summed E-state index contributed by atoms with van der Waals surface area (Å²) >= 11 is 0. The van der Waals surface area contributed by atoms with Gasteiger partial charge in [-0.05, 0) is 51.6 Å². The molecule has 0 radical (unpaired) electrons. The van der Waals surface area contributed by atoms with Gasteiger partial charge in [0.15, 0.2) is 0 Å². The topological polar surface area (TPSA) is 15.3 Å². The predicted octanol–water partition coefficient (Wildman–Crippen LogP) is 3.74. The molecule has 3 heteroatoms. The van der Waals surface area contributed by atoms with Gasteiger partial charge in [0.05, 0.1) is 0 Å². The smallest absolute Gasteiger partial charge is 0.123 e. The van der Waals surface area contributed by atoms with Crippen molar-refractivity contribution in [2.24, 2.45) is 0 Å². The molecule has 0 aromatic heterocycles. The van der Waals surface area contributed by atoms with Gasteiger partial charge in [0.2, 0.25) is 0 Å². The Kier molecular flexibility index (Phi) is 5.17. The minimum Gasteiger partial charge on any atom is -0.308 e. The molecule has 0 saturated heterocycles. The van der Waals surface area contributed by atoms with E-state index < -0.39 is 0 Å². The van der Waals surface area contributed by atoms with Crippen LogP contribution in [0.25, 0.3) is 0 Å². The molecule has 2 rings (SSSR count). The lowest BCUT2D eigenvalue weighted by atomic mass is 9.80. The van der Waals surface area contributed by atoms with Crippen LogP contribution in [-0.4, -0.2) is 31.1 Å². The van der Waals surface area contributed by atoms with Crippen molar-refractivity contribution in [1.82, 2.24) is 10.2 Å². The zero-order valence-corrected chi connectivity index (χ0v) is 13.0. The van der Waals surface area contributed by atoms with E-state index in [1.54, 1.807) is 0 Å². The van der Waals surface area contributed by atoms with E-state index in [1.165, 1.54) is 44.2 Å². The van der Waals surface area contributed by atoms with Gasteiger partial charge in [-0.3, -0.25) is 0 Å². The summed E-state index contributed by atoms with van der Waals surface area (Å²) in [6.07, 6.45) is 6.55. The van der Waals surface area contributed by atoms with Crippen LogP contribution >= 0.6 is 0 Å². The van der Waals surface area contributed by atoms with Crippen LogP contribution in [0.3, 0.4) is 0 Å². The van der Waals surface area contributed by atoms with Gasteiger partial charge in [-0.15, -0.1) is 0 Å². The zero-order valence-electron chi connectivity index (χ0n) is 13.0. The average Bonchev–Trinajstić information content (AvgIpc) is 2.46. The summed E-state index contributed by atoms with van der Waals surface area (Å²) in [4.78, 5) is 2.39. The second-order valence-corrected chi connectivity index (χ2v) is 6.33. The molecule has 0 aliphatic heterocycles. The van der Waals surface area contributed by atoms with E-state index in [1.807, 2.05) is 12.1 Å². The Labute approximate surface area is 122 Å². The minimum atomic E-state index is -0.169. The number of likely N-dealkylation sites (N-methyl/N-ethyl adjacent to an activating group) is 1. The summed E-state index contributed by atoms with van der Waals surface area (Å²) in [5, 5.41) is 3.65. The number of hydrogen-bond acceptors (Lipinski definition) is 2. The maximum absolute atomic E-state index is 13.0. The van der Waals surface area contributed by atoms with Gasteiger partial charge in [-0.1, -0.05) is 31.4 Å². The minimum absolute atomic E-state index is 0.169. The Morgan fingerprint density at radius 3 is 2.30 bits per heavy atom. The molecule has 1 unspecified atom stereocenters. The molecule has 1 aliphatic carbocycles. The molecule has 1 N–H and O–H groups in total. The van der Waals surface area contributed by atoms with E-state index in [2.05, 4.69) is 31.2 Å². The second-order valence-electron chi connectivity index (χ2n) is 6.33. The van der Waals surface area contributed by atoms with E-state index in [4.69, 9.17) is 0 Å². The van der Waals surface area contributed by atoms with Crippen molar-refractivity contribution in [3.63, 3.8) is 0 Å². The molecule has 0 spiro atoms. The first kappa shape index (κ1) is 15.5. The third-order valence-corrected chi connectivity index (χ3v) is 4.84. The highest BCUT2D eigenvalue weighted by atomic mass is 19.1. The molecular weight excluding hydrogens is 251 g/mol. The van der Waals surface area contributed by atoms with Gasteiger partial charge >= 0.3 is 0 Å². The molecule has 20 heavy (non-hydrogen) atoms. The maximum atomic E-state index is 13.0. The van der Waals surface area contributed by atoms with Gasteiger partial charge < -0.3 is 10.2 Å². The van der Waals surface area contributed by atoms with Crippen molar-refractivity contribution < 1.29 is 4.39 Å². The lowest BCUT2D eigenvalue weighted by Crippen LogP contribution is -2.53. The summed E-state index contributed by atoms with van der Waals surface area (Å²) in [7, 11) is 4.38. The van der Waals surface area contributed by atoms with E-state index in [0.717, 1.165) is 12.1 Å². The normalized spacial score (nSPS) is 20.1. The predicted molar refractivity (Wildman–Crippen MR) is 82.3 cm³/mol. The highest BCUT2D eigenvalue weighted by Gasteiger charge is 2.34. The van der Waals surface area contributed by atoms with E-state index in [9.17, 15) is 4.39 Å². The number of nitrogens with zero attached hydrogens (tertiary/aromatic N) is 1. The number of rotatable bonds is 5. The van der Waals surface area contributed by atoms with Crippen LogP contribution in [0, 0.1) is 5.82 Å². The fourth-order valence-electron chi connectivity index (χ4n) is 3.20. The quantitative estimate of drug-likeness (QED) is 0.882. The van der Waals surface area contributed by atoms with Gasteiger partial charge in [0, 0.05) is 18.1 Å². The second kappa shape index (κ2) is 6.68. The van der Waals surface area contributed by atoms with E-state index >= 15 is 0 Å². The molecule has 1 fully saturated rings. The molecule has 0 heterocycles. The molecule has 1 aromatic rings. The first-order valence-electron chi connectivity index (χ1n) is 7.70. The third kappa shape index (κ3) is 3.58. The SMILES string of the molecule is CC(NCC1(N(C)C)CCCCC1)c1ccc(F)cc1. The first-order chi connectivity index (χ1) is 9.53. The molecule has 1 aromatic carbocycles. The third-order valence-electron chi connectivity index (χ3n) is 4.84. The Balaban J connectivity index is 1.96. The molecule has 112 valence electrons. The highest BCUT2D eigenvalue weighted by molar-refractivity contribution is 5.19. The van der Waals surface area contributed by atoms with Gasteiger partial charge in [-0.25, -0.2) is 4.39 Å². The lowest BCUT2D eigenvalue weighted by Gasteiger charge is -2.44. The van der Waals surface area contributed by atoms with Crippen molar-refractivity contribution >= 4 is 0 Å². The standard InChI is InChI=1S/C17H27FN2/c1-14(15-7-9-16(18)10-8-15)19-13-17(20(2)3)11-5-4-6-12-17/h7-10,14,19H,4-6,11-13H2,1-3H3. The molecule has 1 atom stereocenters. The van der Waals surface area contributed by atoms with Crippen LogP contribution in [0.4, 0.5) is 4.39 Å². The van der Waals surface area contributed by atoms with Crippen molar-refractivity contribution in [2.45, 2.75) is 50.6 Å². The van der Waals surface area contributed by atoms with E-state index in [0.29, 0.717) is 0 Å². The van der Waals surface area contributed by atoms with Crippen LogP contribution in [0.1, 0.15) is 50.6 Å². The first-order valence-corrected chi connectivity index (χ1v) is 7.70. The average molecular weight is 278 g/mol. The van der Waals surface area contributed by atoms with Crippen molar-refractivity contribution in [3.8, 4) is 0 Å². The van der Waals surface area contributed by atoms with Gasteiger partial charge in [0.25, 0.3) is 0 Å². The molecule has 0 bridgehead atoms. The highest BCUT2D eigenvalue weighted by Crippen LogP contribution is 2.32. The number of hydrogen-bond donors (Lipinski definition) is 1. The number of halogens is 1. The number of nitrogens with one attached hydrogen (secondary N) is 1. The molecule has 1 saturated carbocycles. The van der Waals surface area contributed by atoms with Crippen LogP contribution in [-0.2, 0) is 0 Å². The number of benzene rings is 1.